The zero-order valence-corrected chi connectivity index (χ0v) is 61.2. The molecule has 105 heavy (non-hydrogen) atoms. The van der Waals surface area contributed by atoms with Crippen LogP contribution < -0.4 is 10.9 Å². The SMILES string of the molecule is Brc1cccc(I)c1.C.O=C1c2ccccc2Cc2ccccc21.O=c1c2ccccc2n(-c2cccc(-n3c4ccccc4c4cc(-c5cccc(-c6nc(-c7ccccc7)cc(-c7ccccc7)n6)c5)ccc43)c2)c2ccccc12.O=c1c2ccccc2n(-c2cccc(Br)c2)c2ccccc12.[B]. The predicted molar refractivity (Wildman–Crippen MR) is 452 cm³/mol. The summed E-state index contributed by atoms with van der Waals surface area (Å²) >= 11 is 9.16. The molecular formula is C93H64BBr2IN5O3. The van der Waals surface area contributed by atoms with Crippen molar-refractivity contribution < 1.29 is 4.79 Å². The maximum atomic E-state index is 13.5. The molecule has 4 aromatic heterocycles. The van der Waals surface area contributed by atoms with Gasteiger partial charge in [-0.1, -0.05) is 258 Å². The lowest BCUT2D eigenvalue weighted by Crippen LogP contribution is -2.14. The van der Waals surface area contributed by atoms with Gasteiger partial charge in [0.05, 0.1) is 44.5 Å². The zero-order valence-electron chi connectivity index (χ0n) is 55.9. The van der Waals surface area contributed by atoms with E-state index < -0.39 is 0 Å². The van der Waals surface area contributed by atoms with E-state index in [4.69, 9.17) is 9.97 Å². The van der Waals surface area contributed by atoms with Crippen LogP contribution in [0.3, 0.4) is 0 Å². The van der Waals surface area contributed by atoms with Crippen LogP contribution in [-0.2, 0) is 6.42 Å². The minimum absolute atomic E-state index is 0. The molecule has 0 atom stereocenters. The normalized spacial score (nSPS) is 11.3. The summed E-state index contributed by atoms with van der Waals surface area (Å²) in [5.74, 6) is 0.843. The number of aromatic nitrogens is 5. The summed E-state index contributed by atoms with van der Waals surface area (Å²) in [6.07, 6.45) is 0.873. The molecule has 0 fully saturated rings. The van der Waals surface area contributed by atoms with Crippen molar-refractivity contribution in [1.29, 1.82) is 0 Å². The largest absolute Gasteiger partial charge is 0.309 e. The van der Waals surface area contributed by atoms with E-state index in [1.54, 1.807) is 0 Å². The summed E-state index contributed by atoms with van der Waals surface area (Å²) in [7, 11) is 0. The number of hydrogen-bond acceptors (Lipinski definition) is 5. The van der Waals surface area contributed by atoms with Crippen molar-refractivity contribution in [2.75, 3.05) is 0 Å². The summed E-state index contributed by atoms with van der Waals surface area (Å²) < 4.78 is 10.1. The van der Waals surface area contributed by atoms with Crippen LogP contribution in [0.5, 0.6) is 0 Å². The second kappa shape index (κ2) is 31.1. The molecule has 18 aromatic rings. The molecular weight excluding hydrogens is 1530 g/mol. The molecule has 14 aromatic carbocycles. The molecule has 4 heterocycles. The summed E-state index contributed by atoms with van der Waals surface area (Å²) in [6.45, 7) is 0. The Bertz CT molecular complexity index is 6190. The highest BCUT2D eigenvalue weighted by Crippen LogP contribution is 2.38. The van der Waals surface area contributed by atoms with Crippen molar-refractivity contribution in [2.45, 2.75) is 13.8 Å². The number of ketones is 1. The summed E-state index contributed by atoms with van der Waals surface area (Å²) in [6, 6.07) is 118. The predicted octanol–water partition coefficient (Wildman–Crippen LogP) is 23.7. The molecule has 1 aliphatic carbocycles. The van der Waals surface area contributed by atoms with E-state index in [-0.39, 0.29) is 32.5 Å². The third kappa shape index (κ3) is 14.2. The van der Waals surface area contributed by atoms with Crippen molar-refractivity contribution in [1.82, 2.24) is 23.7 Å². The van der Waals surface area contributed by atoms with Crippen LogP contribution >= 0.6 is 54.5 Å². The molecule has 0 aliphatic heterocycles. The third-order valence-corrected chi connectivity index (χ3v) is 20.3. The van der Waals surface area contributed by atoms with Gasteiger partial charge in [0.1, 0.15) is 0 Å². The van der Waals surface area contributed by atoms with Gasteiger partial charge in [-0.05, 0) is 185 Å². The molecule has 0 saturated carbocycles. The molecule has 3 radical (unpaired) electrons. The maximum absolute atomic E-state index is 13.5. The quantitative estimate of drug-likeness (QED) is 0.0901. The van der Waals surface area contributed by atoms with Gasteiger partial charge in [-0.25, -0.2) is 9.97 Å². The van der Waals surface area contributed by atoms with E-state index in [2.05, 4.69) is 208 Å². The fourth-order valence-corrected chi connectivity index (χ4v) is 15.7. The molecule has 0 N–H and O–H groups in total. The minimum atomic E-state index is 0. The van der Waals surface area contributed by atoms with Crippen molar-refractivity contribution in [3.8, 4) is 62.1 Å². The van der Waals surface area contributed by atoms with Crippen molar-refractivity contribution in [2.24, 2.45) is 0 Å². The van der Waals surface area contributed by atoms with Crippen LogP contribution in [0.25, 0.3) is 128 Å². The number of carbonyl (C=O) groups is 1. The molecule has 0 amide bonds. The first kappa shape index (κ1) is 70.4. The number of para-hydroxylation sites is 5. The maximum Gasteiger partial charge on any atom is 0.197 e. The Labute approximate surface area is 640 Å². The molecule has 0 bridgehead atoms. The first-order valence-corrected chi connectivity index (χ1v) is 36.4. The third-order valence-electron chi connectivity index (χ3n) is 18.7. The molecule has 0 unspecified atom stereocenters. The number of nitrogens with zero attached hydrogens (tertiary/aromatic N) is 5. The number of halogens is 3. The van der Waals surface area contributed by atoms with E-state index in [0.29, 0.717) is 16.6 Å². The van der Waals surface area contributed by atoms with E-state index >= 15 is 0 Å². The number of fused-ring (bicyclic) bond motifs is 9. The van der Waals surface area contributed by atoms with Gasteiger partial charge < -0.3 is 13.7 Å². The van der Waals surface area contributed by atoms with Gasteiger partial charge in [0.2, 0.25) is 0 Å². The number of carbonyl (C=O) groups excluding carboxylic acids is 1. The zero-order chi connectivity index (χ0) is 69.9. The average molecular weight is 1600 g/mol. The fraction of sp³-hybridized carbons (Fsp3) is 0.0215. The van der Waals surface area contributed by atoms with Gasteiger partial charge in [0.15, 0.2) is 22.5 Å². The Hall–Kier alpha value is -11.7. The lowest BCUT2D eigenvalue weighted by Gasteiger charge is -2.17. The lowest BCUT2D eigenvalue weighted by atomic mass is 9.85. The topological polar surface area (TPSA) is 91.8 Å². The Morgan fingerprint density at radius 1 is 0.295 bits per heavy atom. The standard InChI is InChI=1S/C53H34N4O.C19H12BrNO.C14H10O.C6H4BrI.CH4.B/c58-52-43-24-8-11-27-49(43)57(50-28-12-9-25-44(50)52)41-22-14-21-40(33-41)56-48-26-10-7-23-42(48)45-32-38(29-30-51(45)56)37-19-13-20-39(31-37)53-54-46(35-15-3-1-4-16-35)34-47(55-53)36-17-5-2-6-18-36;20-13-6-5-7-14(12-13)21-17-10-3-1-8-15(17)19(22)16-9-2-4-11-18(16)21;15-14-12-7-3-1-5-10(12)9-11-6-2-4-8-13(11)14;7-5-2-1-3-6(8)4-5;;/h1-34H;1-12H;1-8H,9H2;1-4H;1H4;. The number of rotatable bonds is 7. The smallest absolute Gasteiger partial charge is 0.197 e. The molecule has 0 spiro atoms. The van der Waals surface area contributed by atoms with E-state index in [0.717, 1.165) is 143 Å². The van der Waals surface area contributed by atoms with Crippen LogP contribution in [0, 0.1) is 3.57 Å². The van der Waals surface area contributed by atoms with Crippen LogP contribution in [0.15, 0.2) is 370 Å². The van der Waals surface area contributed by atoms with Crippen LogP contribution in [-0.4, -0.2) is 37.9 Å². The van der Waals surface area contributed by atoms with Crippen LogP contribution in [0.1, 0.15) is 34.5 Å². The van der Waals surface area contributed by atoms with E-state index in [9.17, 15) is 14.4 Å². The van der Waals surface area contributed by atoms with Crippen LogP contribution in [0.2, 0.25) is 0 Å². The Morgan fingerprint density at radius 2 is 0.657 bits per heavy atom. The van der Waals surface area contributed by atoms with Gasteiger partial charge in [-0.2, -0.15) is 0 Å². The fourth-order valence-electron chi connectivity index (χ4n) is 13.9. The number of hydrogen-bond donors (Lipinski definition) is 0. The minimum Gasteiger partial charge on any atom is -0.309 e. The highest BCUT2D eigenvalue weighted by atomic mass is 127. The number of pyridine rings is 2. The molecule has 19 rings (SSSR count). The Morgan fingerprint density at radius 3 is 1.12 bits per heavy atom. The summed E-state index contributed by atoms with van der Waals surface area (Å²) in [5, 5.41) is 5.21. The number of benzene rings is 14. The monoisotopic (exact) mass is 1590 g/mol. The molecule has 0 saturated heterocycles. The van der Waals surface area contributed by atoms with Gasteiger partial charge in [0, 0.05) is 98.1 Å². The van der Waals surface area contributed by atoms with Gasteiger partial charge in [0.25, 0.3) is 0 Å². The first-order chi connectivity index (χ1) is 50.6. The van der Waals surface area contributed by atoms with E-state index in [1.807, 2.05) is 212 Å². The summed E-state index contributed by atoms with van der Waals surface area (Å²) in [4.78, 5) is 48.6. The lowest BCUT2D eigenvalue weighted by molar-refractivity contribution is 0.103. The van der Waals surface area contributed by atoms with Crippen molar-refractivity contribution in [3.05, 3.63) is 407 Å². The average Bonchev–Trinajstić information content (AvgIpc) is 1.68. The Kier molecular flexibility index (Phi) is 20.8. The van der Waals surface area contributed by atoms with Crippen LogP contribution in [0.4, 0.5) is 0 Å². The van der Waals surface area contributed by atoms with Crippen molar-refractivity contribution >= 4 is 134 Å². The second-order valence-corrected chi connectivity index (χ2v) is 28.1. The van der Waals surface area contributed by atoms with Gasteiger partial charge in [-0.15, -0.1) is 0 Å². The second-order valence-electron chi connectivity index (χ2n) is 25.0. The molecule has 8 nitrogen and oxygen atoms in total. The highest BCUT2D eigenvalue weighted by molar-refractivity contribution is 14.1. The Balaban J connectivity index is 0.000000159. The van der Waals surface area contributed by atoms with E-state index in [1.165, 1.54) is 8.96 Å². The first-order valence-electron chi connectivity index (χ1n) is 33.8. The molecule has 12 heteroatoms. The van der Waals surface area contributed by atoms with Gasteiger partial charge in [-0.3, -0.25) is 14.4 Å². The molecule has 1 aliphatic rings. The highest BCUT2D eigenvalue weighted by Gasteiger charge is 2.23. The summed E-state index contributed by atoms with van der Waals surface area (Å²) in [5.41, 5.74) is 20.0. The van der Waals surface area contributed by atoms with Crippen molar-refractivity contribution in [3.63, 3.8) is 0 Å². The van der Waals surface area contributed by atoms with Gasteiger partial charge >= 0.3 is 0 Å². The molecule has 503 valence electrons.